The summed E-state index contributed by atoms with van der Waals surface area (Å²) in [6.07, 6.45) is -14.9. The van der Waals surface area contributed by atoms with Crippen molar-refractivity contribution in [3.05, 3.63) is 11.4 Å². The lowest BCUT2D eigenvalue weighted by Crippen LogP contribution is -2.60. The van der Waals surface area contributed by atoms with Crippen LogP contribution in [0.4, 0.5) is 61.5 Å². The lowest BCUT2D eigenvalue weighted by Gasteiger charge is -2.34. The van der Waals surface area contributed by atoms with Crippen molar-refractivity contribution < 1.29 is 61.5 Å². The minimum atomic E-state index is -7.46. The quantitative estimate of drug-likeness (QED) is 0.579. The van der Waals surface area contributed by atoms with Crippen molar-refractivity contribution >= 4 is 0 Å². The SMILES string of the molecule is FC1=C(C(F)(C(F)(F)F)C(F)(F)F)C(F)(F)C(F)(F)C1(F)F. The van der Waals surface area contributed by atoms with Crippen LogP contribution in [-0.4, -0.2) is 35.8 Å². The number of halogens is 14. The Morgan fingerprint density at radius 1 is 0.591 bits per heavy atom. The van der Waals surface area contributed by atoms with E-state index in [-0.39, 0.29) is 0 Å². The summed E-state index contributed by atoms with van der Waals surface area (Å²) in [5.74, 6) is -25.4. The van der Waals surface area contributed by atoms with Crippen LogP contribution in [0.2, 0.25) is 0 Å². The Morgan fingerprint density at radius 2 is 0.909 bits per heavy atom. The molecule has 0 heterocycles. The first-order valence-electron chi connectivity index (χ1n) is 4.65. The Balaban J connectivity index is 3.89. The van der Waals surface area contributed by atoms with Gasteiger partial charge < -0.3 is 0 Å². The third-order valence-corrected chi connectivity index (χ3v) is 2.72. The average molecular weight is 362 g/mol. The maximum absolute atomic E-state index is 13.2. The molecule has 0 aromatic heterocycles. The van der Waals surface area contributed by atoms with Gasteiger partial charge in [0.25, 0.3) is 0 Å². The van der Waals surface area contributed by atoms with Gasteiger partial charge in [-0.15, -0.1) is 0 Å². The smallest absolute Gasteiger partial charge is 0.218 e. The predicted molar refractivity (Wildman–Crippen MR) is 38.9 cm³/mol. The van der Waals surface area contributed by atoms with Gasteiger partial charge in [0, 0.05) is 0 Å². The van der Waals surface area contributed by atoms with Gasteiger partial charge in [0.05, 0.1) is 5.57 Å². The zero-order valence-electron chi connectivity index (χ0n) is 9.29. The third-order valence-electron chi connectivity index (χ3n) is 2.72. The maximum Gasteiger partial charge on any atom is 0.435 e. The van der Waals surface area contributed by atoms with E-state index in [1.54, 1.807) is 0 Å². The molecule has 14 heteroatoms. The Labute approximate surface area is 110 Å². The van der Waals surface area contributed by atoms with Gasteiger partial charge in [0.1, 0.15) is 0 Å². The van der Waals surface area contributed by atoms with Crippen LogP contribution in [0, 0.1) is 0 Å². The second-order valence-electron chi connectivity index (χ2n) is 4.07. The molecule has 0 saturated heterocycles. The number of rotatable bonds is 1. The molecule has 130 valence electrons. The van der Waals surface area contributed by atoms with Crippen molar-refractivity contribution in [2.75, 3.05) is 0 Å². The molecule has 0 atom stereocenters. The zero-order chi connectivity index (χ0) is 18.2. The van der Waals surface area contributed by atoms with Gasteiger partial charge in [-0.1, -0.05) is 0 Å². The normalized spacial score (nSPS) is 24.8. The molecular weight excluding hydrogens is 362 g/mol. The first kappa shape index (κ1) is 18.8. The van der Waals surface area contributed by atoms with Gasteiger partial charge in [-0.2, -0.15) is 52.7 Å². The molecule has 22 heavy (non-hydrogen) atoms. The number of alkyl halides is 13. The van der Waals surface area contributed by atoms with Crippen molar-refractivity contribution in [1.29, 1.82) is 0 Å². The molecule has 0 bridgehead atoms. The van der Waals surface area contributed by atoms with Crippen molar-refractivity contribution in [1.82, 2.24) is 0 Å². The van der Waals surface area contributed by atoms with Gasteiger partial charge >= 0.3 is 35.8 Å². The summed E-state index contributed by atoms with van der Waals surface area (Å²) in [5, 5.41) is 0. The summed E-state index contributed by atoms with van der Waals surface area (Å²) >= 11 is 0. The minimum absolute atomic E-state index is 4.53. The van der Waals surface area contributed by atoms with Crippen LogP contribution in [0.15, 0.2) is 11.4 Å². The maximum atomic E-state index is 13.2. The summed E-state index contributed by atoms with van der Waals surface area (Å²) in [4.78, 5) is 0. The van der Waals surface area contributed by atoms with E-state index in [2.05, 4.69) is 0 Å². The Hall–Kier alpha value is -1.24. The minimum Gasteiger partial charge on any atom is -0.218 e. The monoisotopic (exact) mass is 362 g/mol. The highest BCUT2D eigenvalue weighted by Gasteiger charge is 2.90. The molecule has 0 unspecified atom stereocenters. The molecule has 0 N–H and O–H groups in total. The fourth-order valence-electron chi connectivity index (χ4n) is 1.60. The molecule has 0 aromatic rings. The fourth-order valence-corrected chi connectivity index (χ4v) is 1.60. The second-order valence-corrected chi connectivity index (χ2v) is 4.07. The number of hydrogen-bond acceptors (Lipinski definition) is 0. The lowest BCUT2D eigenvalue weighted by atomic mass is 9.90. The second kappa shape index (κ2) is 4.19. The highest BCUT2D eigenvalue weighted by Crippen LogP contribution is 2.66. The van der Waals surface area contributed by atoms with Crippen LogP contribution in [0.1, 0.15) is 0 Å². The average Bonchev–Trinajstić information content (AvgIpc) is 2.32. The van der Waals surface area contributed by atoms with Gasteiger partial charge in [-0.05, 0) is 0 Å². The van der Waals surface area contributed by atoms with Crippen LogP contribution >= 0.6 is 0 Å². The molecule has 0 spiro atoms. The molecule has 0 fully saturated rings. The van der Waals surface area contributed by atoms with Crippen LogP contribution in [0.3, 0.4) is 0 Å². The summed E-state index contributed by atoms with van der Waals surface area (Å²) < 4.78 is 175. The molecule has 0 aromatic carbocycles. The molecule has 0 amide bonds. The summed E-state index contributed by atoms with van der Waals surface area (Å²) in [6, 6.07) is 0. The molecule has 1 aliphatic rings. The molecule has 0 aliphatic heterocycles. The van der Waals surface area contributed by atoms with E-state index in [0.29, 0.717) is 0 Å². The highest BCUT2D eigenvalue weighted by molar-refractivity contribution is 5.45. The lowest BCUT2D eigenvalue weighted by molar-refractivity contribution is -0.340. The highest BCUT2D eigenvalue weighted by atomic mass is 19.4. The standard InChI is InChI=1S/C8F14/c9-2-1(3(10,7(17,18)19)8(20,21)22)4(11,12)6(15,16)5(2,13)14. The predicted octanol–water partition coefficient (Wildman–Crippen LogP) is 4.96. The Kier molecular flexibility index (Phi) is 3.58. The van der Waals surface area contributed by atoms with Crippen LogP contribution in [0.5, 0.6) is 0 Å². The summed E-state index contributed by atoms with van der Waals surface area (Å²) in [7, 11) is 0. The summed E-state index contributed by atoms with van der Waals surface area (Å²) in [6.45, 7) is 0. The van der Waals surface area contributed by atoms with Gasteiger partial charge in [0.15, 0.2) is 5.83 Å². The molecule has 0 saturated carbocycles. The van der Waals surface area contributed by atoms with Gasteiger partial charge in [-0.3, -0.25) is 0 Å². The van der Waals surface area contributed by atoms with Crippen LogP contribution in [-0.2, 0) is 0 Å². The van der Waals surface area contributed by atoms with E-state index in [0.717, 1.165) is 0 Å². The Bertz CT molecular complexity index is 488. The zero-order valence-corrected chi connectivity index (χ0v) is 9.29. The first-order valence-corrected chi connectivity index (χ1v) is 4.65. The first-order chi connectivity index (χ1) is 9.28. The molecular formula is C8F14. The van der Waals surface area contributed by atoms with E-state index in [4.69, 9.17) is 0 Å². The van der Waals surface area contributed by atoms with Crippen molar-refractivity contribution in [3.8, 4) is 0 Å². The van der Waals surface area contributed by atoms with E-state index < -0.39 is 47.2 Å². The third kappa shape index (κ3) is 1.84. The van der Waals surface area contributed by atoms with Crippen molar-refractivity contribution in [2.45, 2.75) is 35.8 Å². The molecule has 0 radical (unpaired) electrons. The van der Waals surface area contributed by atoms with E-state index in [9.17, 15) is 61.5 Å². The number of allylic oxidation sites excluding steroid dienone is 2. The van der Waals surface area contributed by atoms with E-state index in [1.807, 2.05) is 0 Å². The van der Waals surface area contributed by atoms with E-state index >= 15 is 0 Å². The summed E-state index contributed by atoms with van der Waals surface area (Å²) in [5.41, 5.74) is -12.1. The van der Waals surface area contributed by atoms with E-state index in [1.165, 1.54) is 0 Å². The number of hydrogen-bond donors (Lipinski definition) is 0. The van der Waals surface area contributed by atoms with Crippen molar-refractivity contribution in [2.24, 2.45) is 0 Å². The molecule has 1 aliphatic carbocycles. The molecule has 1 rings (SSSR count). The van der Waals surface area contributed by atoms with Gasteiger partial charge in [-0.25, -0.2) is 8.78 Å². The van der Waals surface area contributed by atoms with Crippen LogP contribution in [0.25, 0.3) is 0 Å². The largest absolute Gasteiger partial charge is 0.435 e. The Morgan fingerprint density at radius 3 is 1.09 bits per heavy atom. The molecule has 0 nitrogen and oxygen atoms in total. The fraction of sp³-hybridized carbons (Fsp3) is 0.750. The van der Waals surface area contributed by atoms with Crippen molar-refractivity contribution in [3.63, 3.8) is 0 Å². The van der Waals surface area contributed by atoms with Crippen LogP contribution < -0.4 is 0 Å². The topological polar surface area (TPSA) is 0 Å². The van der Waals surface area contributed by atoms with Gasteiger partial charge in [0.2, 0.25) is 0 Å².